The molecule has 1 aliphatic carbocycles. The summed E-state index contributed by atoms with van der Waals surface area (Å²) in [6.07, 6.45) is 5.31. The molecule has 1 saturated carbocycles. The maximum atomic E-state index is 11.9. The molecule has 0 bridgehead atoms. The van der Waals surface area contributed by atoms with Crippen molar-refractivity contribution in [1.29, 1.82) is 0 Å². The first-order valence-electron chi connectivity index (χ1n) is 6.77. The van der Waals surface area contributed by atoms with Gasteiger partial charge in [-0.2, -0.15) is 0 Å². The third kappa shape index (κ3) is 3.37. The lowest BCUT2D eigenvalue weighted by molar-refractivity contribution is 0.319. The molecule has 1 saturated heterocycles. The SMILES string of the molecule is CC(C)(C)[S+]([O-])NCC1CCC2(CCNC2)C1. The second-order valence-electron chi connectivity index (χ2n) is 6.77. The van der Waals surface area contributed by atoms with Gasteiger partial charge in [-0.05, 0) is 64.3 Å². The Bertz CT molecular complexity index is 259. The Morgan fingerprint density at radius 1 is 1.41 bits per heavy atom. The normalized spacial score (nSPS) is 35.6. The van der Waals surface area contributed by atoms with E-state index in [9.17, 15) is 4.55 Å². The van der Waals surface area contributed by atoms with E-state index in [0.29, 0.717) is 5.41 Å². The van der Waals surface area contributed by atoms with E-state index in [4.69, 9.17) is 0 Å². The molecule has 4 heteroatoms. The van der Waals surface area contributed by atoms with E-state index in [2.05, 4.69) is 10.0 Å². The molecule has 0 aromatic rings. The lowest BCUT2D eigenvalue weighted by Gasteiger charge is -2.25. The Balaban J connectivity index is 1.75. The van der Waals surface area contributed by atoms with Gasteiger partial charge in [-0.3, -0.25) is 0 Å². The Morgan fingerprint density at radius 3 is 2.76 bits per heavy atom. The lowest BCUT2D eigenvalue weighted by atomic mass is 9.84. The van der Waals surface area contributed by atoms with Crippen LogP contribution in [0.1, 0.15) is 46.5 Å². The maximum absolute atomic E-state index is 11.9. The molecule has 0 amide bonds. The van der Waals surface area contributed by atoms with Crippen molar-refractivity contribution < 1.29 is 4.55 Å². The molecule has 0 radical (unpaired) electrons. The largest absolute Gasteiger partial charge is 0.598 e. The van der Waals surface area contributed by atoms with Gasteiger partial charge < -0.3 is 9.87 Å². The predicted molar refractivity (Wildman–Crippen MR) is 73.2 cm³/mol. The molecule has 2 aliphatic rings. The molecule has 1 aliphatic heterocycles. The van der Waals surface area contributed by atoms with Gasteiger partial charge in [-0.1, -0.05) is 0 Å². The van der Waals surface area contributed by atoms with Gasteiger partial charge in [0.2, 0.25) is 0 Å². The highest BCUT2D eigenvalue weighted by Gasteiger charge is 2.41. The summed E-state index contributed by atoms with van der Waals surface area (Å²) in [6.45, 7) is 9.37. The van der Waals surface area contributed by atoms with Crippen LogP contribution in [0.4, 0.5) is 0 Å². The van der Waals surface area contributed by atoms with Crippen LogP contribution in [0.5, 0.6) is 0 Å². The Hall–Kier alpha value is 0.230. The number of hydrogen-bond donors (Lipinski definition) is 2. The molecule has 2 fully saturated rings. The van der Waals surface area contributed by atoms with Gasteiger partial charge in [0.15, 0.2) is 0 Å². The summed E-state index contributed by atoms with van der Waals surface area (Å²) in [7, 11) is 0. The molecule has 17 heavy (non-hydrogen) atoms. The molecule has 2 N–H and O–H groups in total. The summed E-state index contributed by atoms with van der Waals surface area (Å²) < 4.78 is 15.0. The Morgan fingerprint density at radius 2 is 2.18 bits per heavy atom. The number of rotatable bonds is 3. The topological polar surface area (TPSA) is 47.1 Å². The lowest BCUT2D eigenvalue weighted by Crippen LogP contribution is -2.41. The van der Waals surface area contributed by atoms with E-state index < -0.39 is 11.4 Å². The molecular weight excluding hydrogens is 232 g/mol. The van der Waals surface area contributed by atoms with Crippen molar-refractivity contribution in [2.75, 3.05) is 19.6 Å². The molecule has 100 valence electrons. The molecular formula is C13H26N2OS. The molecule has 3 unspecified atom stereocenters. The Kier molecular flexibility index (Phi) is 4.08. The fourth-order valence-electron chi connectivity index (χ4n) is 3.09. The molecule has 0 aromatic heterocycles. The van der Waals surface area contributed by atoms with Crippen molar-refractivity contribution in [1.82, 2.24) is 10.0 Å². The van der Waals surface area contributed by atoms with E-state index in [-0.39, 0.29) is 4.75 Å². The van der Waals surface area contributed by atoms with Crippen LogP contribution < -0.4 is 10.0 Å². The van der Waals surface area contributed by atoms with E-state index >= 15 is 0 Å². The van der Waals surface area contributed by atoms with E-state index in [1.165, 1.54) is 38.8 Å². The van der Waals surface area contributed by atoms with Gasteiger partial charge in [0.25, 0.3) is 0 Å². The second-order valence-corrected chi connectivity index (χ2v) is 8.82. The first kappa shape index (κ1) is 13.7. The van der Waals surface area contributed by atoms with Crippen molar-refractivity contribution in [2.45, 2.75) is 51.2 Å². The van der Waals surface area contributed by atoms with Gasteiger partial charge in [0, 0.05) is 24.5 Å². The minimum atomic E-state index is -0.912. The fraction of sp³-hybridized carbons (Fsp3) is 1.00. The minimum absolute atomic E-state index is 0.148. The van der Waals surface area contributed by atoms with Crippen LogP contribution in [0.15, 0.2) is 0 Å². The van der Waals surface area contributed by atoms with Crippen LogP contribution >= 0.6 is 0 Å². The summed E-state index contributed by atoms with van der Waals surface area (Å²) >= 11 is -0.912. The summed E-state index contributed by atoms with van der Waals surface area (Å²) in [5.41, 5.74) is 0.579. The molecule has 0 aromatic carbocycles. The van der Waals surface area contributed by atoms with Crippen molar-refractivity contribution >= 4 is 11.4 Å². The summed E-state index contributed by atoms with van der Waals surface area (Å²) in [6, 6.07) is 0. The number of nitrogens with one attached hydrogen (secondary N) is 2. The monoisotopic (exact) mass is 258 g/mol. The van der Waals surface area contributed by atoms with Crippen LogP contribution in [0.3, 0.4) is 0 Å². The third-order valence-electron chi connectivity index (χ3n) is 4.20. The zero-order valence-corrected chi connectivity index (χ0v) is 12.2. The standard InChI is InChI=1S/C13H26N2OS/c1-12(2,3)17(16)15-9-11-4-5-13(8-11)6-7-14-10-13/h11,14-15H,4-10H2,1-3H3. The quantitative estimate of drug-likeness (QED) is 0.759. The van der Waals surface area contributed by atoms with Crippen LogP contribution in [-0.4, -0.2) is 28.9 Å². The van der Waals surface area contributed by atoms with Gasteiger partial charge in [-0.25, -0.2) is 0 Å². The second kappa shape index (κ2) is 5.08. The highest BCUT2D eigenvalue weighted by molar-refractivity contribution is 7.90. The third-order valence-corrected chi connectivity index (χ3v) is 5.74. The summed E-state index contributed by atoms with van der Waals surface area (Å²) in [5, 5.41) is 3.48. The maximum Gasteiger partial charge on any atom is 0.136 e. The summed E-state index contributed by atoms with van der Waals surface area (Å²) in [4.78, 5) is 0. The molecule has 2 rings (SSSR count). The van der Waals surface area contributed by atoms with Crippen LogP contribution in [0.2, 0.25) is 0 Å². The zero-order chi connectivity index (χ0) is 12.5. The van der Waals surface area contributed by atoms with Gasteiger partial charge in [-0.15, -0.1) is 4.72 Å². The molecule has 1 spiro atoms. The van der Waals surface area contributed by atoms with Gasteiger partial charge in [0.05, 0.1) is 0 Å². The predicted octanol–water partition coefficient (Wildman–Crippen LogP) is 1.82. The highest BCUT2D eigenvalue weighted by atomic mass is 32.2. The first-order valence-corrected chi connectivity index (χ1v) is 7.92. The van der Waals surface area contributed by atoms with Crippen LogP contribution in [-0.2, 0) is 11.4 Å². The van der Waals surface area contributed by atoms with Crippen molar-refractivity contribution in [3.63, 3.8) is 0 Å². The van der Waals surface area contributed by atoms with Crippen molar-refractivity contribution in [3.05, 3.63) is 0 Å². The van der Waals surface area contributed by atoms with E-state index in [1.54, 1.807) is 0 Å². The number of hydrogen-bond acceptors (Lipinski definition) is 3. The molecule has 3 atom stereocenters. The van der Waals surface area contributed by atoms with Crippen LogP contribution in [0, 0.1) is 11.3 Å². The smallest absolute Gasteiger partial charge is 0.136 e. The van der Waals surface area contributed by atoms with Gasteiger partial charge >= 0.3 is 0 Å². The first-order chi connectivity index (χ1) is 7.91. The fourth-order valence-corrected chi connectivity index (χ4v) is 3.91. The Labute approximate surface area is 108 Å². The zero-order valence-electron chi connectivity index (χ0n) is 11.3. The van der Waals surface area contributed by atoms with E-state index in [1.807, 2.05) is 20.8 Å². The van der Waals surface area contributed by atoms with Gasteiger partial charge in [0.1, 0.15) is 4.75 Å². The highest BCUT2D eigenvalue weighted by Crippen LogP contribution is 2.45. The molecule has 3 nitrogen and oxygen atoms in total. The van der Waals surface area contributed by atoms with Crippen LogP contribution in [0.25, 0.3) is 0 Å². The van der Waals surface area contributed by atoms with Crippen molar-refractivity contribution in [3.8, 4) is 0 Å². The molecule has 1 heterocycles. The summed E-state index contributed by atoms with van der Waals surface area (Å²) in [5.74, 6) is 0.723. The van der Waals surface area contributed by atoms with Crippen molar-refractivity contribution in [2.24, 2.45) is 11.3 Å². The van der Waals surface area contributed by atoms with E-state index in [0.717, 1.165) is 12.5 Å². The average Bonchev–Trinajstić information content (AvgIpc) is 2.85. The minimum Gasteiger partial charge on any atom is -0.598 e. The average molecular weight is 258 g/mol.